The van der Waals surface area contributed by atoms with Crippen LogP contribution in [0, 0.1) is 0 Å². The number of alkyl halides is 6. The molecule has 0 saturated carbocycles. The Kier molecular flexibility index (Phi) is 2.71. The third kappa shape index (κ3) is 2.24. The zero-order chi connectivity index (χ0) is 11.9. The summed E-state index contributed by atoms with van der Waals surface area (Å²) < 4.78 is 76.5. The summed E-state index contributed by atoms with van der Waals surface area (Å²) in [5.74, 6) is -1.68. The molecule has 0 fully saturated rings. The molecule has 0 radical (unpaired) electrons. The van der Waals surface area contributed by atoms with E-state index < -0.39 is 35.8 Å². The topological polar surface area (TPSA) is 26.0 Å². The van der Waals surface area contributed by atoms with Gasteiger partial charge in [0.2, 0.25) is 5.76 Å². The van der Waals surface area contributed by atoms with Crippen molar-refractivity contribution in [3.05, 3.63) is 17.0 Å². The number of rotatable bonds is 1. The quantitative estimate of drug-likeness (QED) is 0.695. The van der Waals surface area contributed by atoms with E-state index in [0.717, 1.165) is 6.92 Å². The zero-order valence-corrected chi connectivity index (χ0v) is 7.33. The molecule has 0 unspecified atom stereocenters. The number of halogens is 6. The van der Waals surface area contributed by atoms with E-state index in [1.165, 1.54) is 0 Å². The molecule has 0 aliphatic rings. The summed E-state index contributed by atoms with van der Waals surface area (Å²) in [5.41, 5.74) is -2.58. The Labute approximate surface area is 79.8 Å². The van der Waals surface area contributed by atoms with Crippen molar-refractivity contribution < 1.29 is 30.9 Å². The molecule has 1 heterocycles. The maximum atomic E-state index is 12.1. The first-order valence-electron chi connectivity index (χ1n) is 3.80. The Bertz CT molecular complexity index is 318. The van der Waals surface area contributed by atoms with E-state index in [1.807, 2.05) is 0 Å². The highest BCUT2D eigenvalue weighted by Crippen LogP contribution is 2.39. The van der Waals surface area contributed by atoms with E-state index in [1.54, 1.807) is 0 Å². The predicted octanol–water partition coefficient (Wildman–Crippen LogP) is 3.27. The van der Waals surface area contributed by atoms with Gasteiger partial charge in [0.15, 0.2) is 5.69 Å². The Morgan fingerprint density at radius 2 is 1.60 bits per heavy atom. The molecule has 1 aromatic heterocycles. The summed E-state index contributed by atoms with van der Waals surface area (Å²) in [6.45, 7) is 1.16. The fraction of sp³-hybridized carbons (Fsp3) is 0.571. The van der Waals surface area contributed by atoms with Crippen molar-refractivity contribution in [3.8, 4) is 0 Å². The molecule has 0 aliphatic heterocycles. The highest BCUT2D eigenvalue weighted by atomic mass is 19.4. The summed E-state index contributed by atoms with van der Waals surface area (Å²) >= 11 is 0. The van der Waals surface area contributed by atoms with Crippen LogP contribution in [0.4, 0.5) is 26.3 Å². The average molecular weight is 233 g/mol. The van der Waals surface area contributed by atoms with Crippen molar-refractivity contribution in [2.45, 2.75) is 25.7 Å². The molecule has 0 saturated heterocycles. The zero-order valence-electron chi connectivity index (χ0n) is 7.33. The van der Waals surface area contributed by atoms with Crippen molar-refractivity contribution in [2.75, 3.05) is 0 Å². The summed E-state index contributed by atoms with van der Waals surface area (Å²) in [7, 11) is 0. The standard InChI is InChI=1S/C7H5F6NO/c1-2-3-4(6(8,9)10)14-15-5(3)7(11,12)13/h2H2,1H3. The van der Waals surface area contributed by atoms with Gasteiger partial charge in [-0.3, -0.25) is 0 Å². The van der Waals surface area contributed by atoms with E-state index >= 15 is 0 Å². The van der Waals surface area contributed by atoms with Gasteiger partial charge in [0.05, 0.1) is 0 Å². The van der Waals surface area contributed by atoms with E-state index in [9.17, 15) is 26.3 Å². The molecule has 0 amide bonds. The average Bonchev–Trinajstić information content (AvgIpc) is 2.43. The molecule has 1 rings (SSSR count). The van der Waals surface area contributed by atoms with Crippen molar-refractivity contribution in [2.24, 2.45) is 0 Å². The molecule has 0 N–H and O–H groups in total. The first-order chi connectivity index (χ1) is 6.68. The van der Waals surface area contributed by atoms with Crippen LogP contribution in [0.5, 0.6) is 0 Å². The SMILES string of the molecule is CCc1c(C(F)(F)F)noc1C(F)(F)F. The van der Waals surface area contributed by atoms with Gasteiger partial charge in [-0.05, 0) is 6.42 Å². The van der Waals surface area contributed by atoms with Gasteiger partial charge in [-0.25, -0.2) is 0 Å². The van der Waals surface area contributed by atoms with Crippen LogP contribution < -0.4 is 0 Å². The lowest BCUT2D eigenvalue weighted by atomic mass is 10.1. The molecule has 0 aliphatic carbocycles. The Morgan fingerprint density at radius 3 is 1.93 bits per heavy atom. The molecule has 8 heteroatoms. The van der Waals surface area contributed by atoms with Crippen LogP contribution in [0.1, 0.15) is 23.9 Å². The number of hydrogen-bond donors (Lipinski definition) is 0. The Hall–Kier alpha value is -1.21. The van der Waals surface area contributed by atoms with Gasteiger partial charge in [-0.2, -0.15) is 26.3 Å². The van der Waals surface area contributed by atoms with Gasteiger partial charge in [-0.15, -0.1) is 0 Å². The van der Waals surface area contributed by atoms with Crippen molar-refractivity contribution in [1.82, 2.24) is 5.16 Å². The molecule has 15 heavy (non-hydrogen) atoms. The van der Waals surface area contributed by atoms with E-state index in [0.29, 0.717) is 0 Å². The first-order valence-corrected chi connectivity index (χ1v) is 3.80. The minimum absolute atomic E-state index is 0.451. The molecule has 0 aromatic carbocycles. The maximum absolute atomic E-state index is 12.1. The number of nitrogens with zero attached hydrogens (tertiary/aromatic N) is 1. The van der Waals surface area contributed by atoms with Crippen LogP contribution in [0.3, 0.4) is 0 Å². The fourth-order valence-electron chi connectivity index (χ4n) is 1.08. The van der Waals surface area contributed by atoms with Crippen LogP contribution in [-0.2, 0) is 18.8 Å². The molecule has 2 nitrogen and oxygen atoms in total. The lowest BCUT2D eigenvalue weighted by molar-refractivity contribution is -0.156. The third-order valence-electron chi connectivity index (χ3n) is 1.67. The third-order valence-corrected chi connectivity index (χ3v) is 1.67. The lowest BCUT2D eigenvalue weighted by Gasteiger charge is -2.05. The van der Waals surface area contributed by atoms with Gasteiger partial charge in [-0.1, -0.05) is 12.1 Å². The number of hydrogen-bond acceptors (Lipinski definition) is 2. The molecule has 1 aromatic rings. The van der Waals surface area contributed by atoms with Gasteiger partial charge in [0, 0.05) is 5.56 Å². The molecule has 86 valence electrons. The van der Waals surface area contributed by atoms with E-state index in [-0.39, 0.29) is 0 Å². The first kappa shape index (κ1) is 11.9. The Balaban J connectivity index is 3.30. The summed E-state index contributed by atoms with van der Waals surface area (Å²) in [4.78, 5) is 0. The smallest absolute Gasteiger partial charge is 0.351 e. The largest absolute Gasteiger partial charge is 0.452 e. The molecule has 0 bridgehead atoms. The summed E-state index contributed by atoms with van der Waals surface area (Å²) in [6, 6.07) is 0. The van der Waals surface area contributed by atoms with Crippen LogP contribution in [0.15, 0.2) is 4.52 Å². The highest BCUT2D eigenvalue weighted by Gasteiger charge is 2.45. The molecular formula is C7H5F6NO. The monoisotopic (exact) mass is 233 g/mol. The van der Waals surface area contributed by atoms with Crippen LogP contribution in [0.2, 0.25) is 0 Å². The van der Waals surface area contributed by atoms with E-state index in [4.69, 9.17) is 0 Å². The summed E-state index contributed by atoms with van der Waals surface area (Å²) in [6.07, 6.45) is -10.3. The second-order valence-electron chi connectivity index (χ2n) is 2.69. The minimum atomic E-state index is -4.96. The highest BCUT2D eigenvalue weighted by molar-refractivity contribution is 5.27. The van der Waals surface area contributed by atoms with Crippen LogP contribution in [-0.4, -0.2) is 5.16 Å². The van der Waals surface area contributed by atoms with Crippen molar-refractivity contribution >= 4 is 0 Å². The molecule has 0 spiro atoms. The number of aromatic nitrogens is 1. The second kappa shape index (κ2) is 3.42. The molecular weight excluding hydrogens is 228 g/mol. The maximum Gasteiger partial charge on any atom is 0.452 e. The van der Waals surface area contributed by atoms with Gasteiger partial charge in [0.25, 0.3) is 0 Å². The van der Waals surface area contributed by atoms with Gasteiger partial charge >= 0.3 is 12.4 Å². The summed E-state index contributed by atoms with van der Waals surface area (Å²) in [5, 5.41) is 2.40. The fourth-order valence-corrected chi connectivity index (χ4v) is 1.08. The molecule has 0 atom stereocenters. The predicted molar refractivity (Wildman–Crippen MR) is 35.9 cm³/mol. The van der Waals surface area contributed by atoms with Crippen molar-refractivity contribution in [1.29, 1.82) is 0 Å². The normalized spacial score (nSPS) is 13.3. The minimum Gasteiger partial charge on any atom is -0.351 e. The lowest BCUT2D eigenvalue weighted by Crippen LogP contribution is -2.11. The van der Waals surface area contributed by atoms with E-state index in [2.05, 4.69) is 9.68 Å². The Morgan fingerprint density at radius 1 is 1.07 bits per heavy atom. The van der Waals surface area contributed by atoms with Gasteiger partial charge in [0.1, 0.15) is 0 Å². The van der Waals surface area contributed by atoms with Crippen molar-refractivity contribution in [3.63, 3.8) is 0 Å². The van der Waals surface area contributed by atoms with Gasteiger partial charge < -0.3 is 4.52 Å². The van der Waals surface area contributed by atoms with Crippen LogP contribution in [0.25, 0.3) is 0 Å². The second-order valence-corrected chi connectivity index (χ2v) is 2.69. The van der Waals surface area contributed by atoms with Crippen LogP contribution >= 0.6 is 0 Å².